The SMILES string of the molecule is CC(C)[Si](O[C@@H]1CNC(=O)C[C@H]1c1ccccc1)(C(C)C)C(C)C. The highest BCUT2D eigenvalue weighted by Crippen LogP contribution is 2.45. The van der Waals surface area contributed by atoms with Crippen molar-refractivity contribution in [3.05, 3.63) is 35.9 Å². The minimum absolute atomic E-state index is 0.0731. The molecular weight excluding hydrogens is 314 g/mol. The van der Waals surface area contributed by atoms with Crippen molar-refractivity contribution in [2.75, 3.05) is 6.54 Å². The number of benzene rings is 1. The molecule has 0 aromatic heterocycles. The number of nitrogens with one attached hydrogen (secondary N) is 1. The number of carbonyl (C=O) groups is 1. The lowest BCUT2D eigenvalue weighted by Crippen LogP contribution is -2.55. The van der Waals surface area contributed by atoms with E-state index in [1.807, 2.05) is 6.07 Å². The Labute approximate surface area is 148 Å². The molecule has 1 aliphatic rings. The Bertz CT molecular complexity index is 520. The van der Waals surface area contributed by atoms with Crippen molar-refractivity contribution in [3.63, 3.8) is 0 Å². The summed E-state index contributed by atoms with van der Waals surface area (Å²) in [5, 5.41) is 3.03. The predicted octanol–water partition coefficient (Wildman–Crippen LogP) is 4.85. The van der Waals surface area contributed by atoms with Crippen LogP contribution in [0.15, 0.2) is 30.3 Å². The van der Waals surface area contributed by atoms with Gasteiger partial charge in [0.05, 0.1) is 6.10 Å². The molecule has 0 spiro atoms. The summed E-state index contributed by atoms with van der Waals surface area (Å²) in [6.07, 6.45) is 0.594. The van der Waals surface area contributed by atoms with Gasteiger partial charge in [0, 0.05) is 18.9 Å². The predicted molar refractivity (Wildman–Crippen MR) is 103 cm³/mol. The van der Waals surface area contributed by atoms with E-state index in [1.165, 1.54) is 5.56 Å². The second-order valence-corrected chi connectivity index (χ2v) is 13.4. The monoisotopic (exact) mass is 347 g/mol. The first-order valence-electron chi connectivity index (χ1n) is 9.28. The third kappa shape index (κ3) is 3.75. The van der Waals surface area contributed by atoms with Crippen molar-refractivity contribution >= 4 is 14.2 Å². The topological polar surface area (TPSA) is 38.3 Å². The van der Waals surface area contributed by atoms with Gasteiger partial charge in [-0.1, -0.05) is 71.9 Å². The number of hydrogen-bond donors (Lipinski definition) is 1. The normalized spacial score (nSPS) is 22.3. The van der Waals surface area contributed by atoms with E-state index in [0.29, 0.717) is 29.6 Å². The Balaban J connectivity index is 2.34. The third-order valence-electron chi connectivity index (χ3n) is 5.64. The van der Waals surface area contributed by atoms with Gasteiger partial charge in [0.1, 0.15) is 0 Å². The van der Waals surface area contributed by atoms with E-state index in [1.54, 1.807) is 0 Å². The quantitative estimate of drug-likeness (QED) is 0.747. The summed E-state index contributed by atoms with van der Waals surface area (Å²) >= 11 is 0. The van der Waals surface area contributed by atoms with Crippen molar-refractivity contribution in [2.24, 2.45) is 0 Å². The van der Waals surface area contributed by atoms with Crippen molar-refractivity contribution in [1.29, 1.82) is 0 Å². The van der Waals surface area contributed by atoms with Gasteiger partial charge in [0.2, 0.25) is 14.2 Å². The summed E-state index contributed by atoms with van der Waals surface area (Å²) in [5.41, 5.74) is 2.86. The van der Waals surface area contributed by atoms with Crippen molar-refractivity contribution in [2.45, 2.75) is 76.6 Å². The van der Waals surface area contributed by atoms with Crippen molar-refractivity contribution < 1.29 is 9.22 Å². The zero-order chi connectivity index (χ0) is 17.9. The molecule has 1 aromatic rings. The van der Waals surface area contributed by atoms with E-state index in [-0.39, 0.29) is 17.9 Å². The van der Waals surface area contributed by atoms with Crippen LogP contribution in [0, 0.1) is 0 Å². The van der Waals surface area contributed by atoms with Crippen LogP contribution < -0.4 is 5.32 Å². The van der Waals surface area contributed by atoms with E-state index >= 15 is 0 Å². The van der Waals surface area contributed by atoms with E-state index in [0.717, 1.165) is 0 Å². The minimum Gasteiger partial charge on any atom is -0.411 e. The molecule has 0 unspecified atom stereocenters. The van der Waals surface area contributed by atoms with E-state index in [4.69, 9.17) is 4.43 Å². The number of amides is 1. The molecule has 24 heavy (non-hydrogen) atoms. The first-order valence-corrected chi connectivity index (χ1v) is 11.4. The van der Waals surface area contributed by atoms with Gasteiger partial charge in [0.25, 0.3) is 0 Å². The third-order valence-corrected chi connectivity index (χ3v) is 11.8. The fourth-order valence-electron chi connectivity index (χ4n) is 4.59. The molecule has 2 rings (SSSR count). The number of carbonyl (C=O) groups excluding carboxylic acids is 1. The molecule has 0 bridgehead atoms. The first-order chi connectivity index (χ1) is 11.3. The maximum atomic E-state index is 12.0. The van der Waals surface area contributed by atoms with Gasteiger partial charge in [0.15, 0.2) is 0 Å². The molecule has 1 amide bonds. The van der Waals surface area contributed by atoms with Crippen LogP contribution in [0.1, 0.15) is 59.4 Å². The summed E-state index contributed by atoms with van der Waals surface area (Å²) < 4.78 is 7.00. The first kappa shape index (κ1) is 19.2. The average molecular weight is 348 g/mol. The molecule has 1 heterocycles. The van der Waals surface area contributed by atoms with Crippen LogP contribution in [0.2, 0.25) is 16.6 Å². The molecule has 0 saturated carbocycles. The molecule has 0 aliphatic carbocycles. The molecule has 1 aliphatic heterocycles. The van der Waals surface area contributed by atoms with Gasteiger partial charge in [-0.15, -0.1) is 0 Å². The van der Waals surface area contributed by atoms with Crippen LogP contribution in [-0.2, 0) is 9.22 Å². The second-order valence-electron chi connectivity index (χ2n) is 8.00. The number of piperidine rings is 1. The van der Waals surface area contributed by atoms with Crippen molar-refractivity contribution in [1.82, 2.24) is 5.32 Å². The summed E-state index contributed by atoms with van der Waals surface area (Å²) in [7, 11) is -1.96. The average Bonchev–Trinajstić information content (AvgIpc) is 2.53. The summed E-state index contributed by atoms with van der Waals surface area (Å²) in [6.45, 7) is 14.5. The van der Waals surface area contributed by atoms with E-state index in [9.17, 15) is 4.79 Å². The standard InChI is InChI=1S/C20H33NO2Si/c1-14(2)24(15(3)4,16(5)6)23-19-13-21-20(22)12-18(19)17-10-8-7-9-11-17/h7-11,14-16,18-19H,12-13H2,1-6H3,(H,21,22)/t18-,19+/m0/s1. The molecule has 4 heteroatoms. The van der Waals surface area contributed by atoms with Gasteiger partial charge in [-0.3, -0.25) is 4.79 Å². The maximum absolute atomic E-state index is 12.0. The molecule has 2 atom stereocenters. The molecule has 0 radical (unpaired) electrons. The summed E-state index contributed by atoms with van der Waals surface area (Å²) in [5.74, 6) is 0.290. The Morgan fingerprint density at radius 1 is 1.00 bits per heavy atom. The molecule has 1 N–H and O–H groups in total. The fourth-order valence-corrected chi connectivity index (χ4v) is 10.2. The van der Waals surface area contributed by atoms with E-state index < -0.39 is 8.32 Å². The van der Waals surface area contributed by atoms with Gasteiger partial charge < -0.3 is 9.74 Å². The summed E-state index contributed by atoms with van der Waals surface area (Å²) in [4.78, 5) is 12.0. The smallest absolute Gasteiger partial charge is 0.220 e. The van der Waals surface area contributed by atoms with Crippen LogP contribution in [0.25, 0.3) is 0 Å². The molecule has 1 fully saturated rings. The Morgan fingerprint density at radius 2 is 1.54 bits per heavy atom. The zero-order valence-electron chi connectivity index (χ0n) is 16.0. The Kier molecular flexibility index (Phi) is 6.26. The van der Waals surface area contributed by atoms with Crippen LogP contribution >= 0.6 is 0 Å². The largest absolute Gasteiger partial charge is 0.411 e. The van der Waals surface area contributed by atoms with Crippen LogP contribution in [-0.4, -0.2) is 26.9 Å². The molecule has 1 aromatic carbocycles. The lowest BCUT2D eigenvalue weighted by atomic mass is 9.87. The highest BCUT2D eigenvalue weighted by Gasteiger charge is 2.48. The van der Waals surface area contributed by atoms with Crippen LogP contribution in [0.5, 0.6) is 0 Å². The Morgan fingerprint density at radius 3 is 2.04 bits per heavy atom. The number of rotatable bonds is 6. The van der Waals surface area contributed by atoms with Crippen molar-refractivity contribution in [3.8, 4) is 0 Å². The lowest BCUT2D eigenvalue weighted by molar-refractivity contribution is -0.124. The lowest BCUT2D eigenvalue weighted by Gasteiger charge is -2.47. The molecule has 1 saturated heterocycles. The second kappa shape index (κ2) is 7.83. The highest BCUT2D eigenvalue weighted by molar-refractivity contribution is 6.77. The zero-order valence-corrected chi connectivity index (χ0v) is 17.0. The fraction of sp³-hybridized carbons (Fsp3) is 0.650. The van der Waals surface area contributed by atoms with Gasteiger partial charge >= 0.3 is 0 Å². The van der Waals surface area contributed by atoms with Crippen LogP contribution in [0.3, 0.4) is 0 Å². The van der Waals surface area contributed by atoms with Gasteiger partial charge in [-0.25, -0.2) is 0 Å². The van der Waals surface area contributed by atoms with Gasteiger partial charge in [-0.2, -0.15) is 0 Å². The number of hydrogen-bond acceptors (Lipinski definition) is 2. The maximum Gasteiger partial charge on any atom is 0.220 e. The minimum atomic E-state index is -1.96. The van der Waals surface area contributed by atoms with Gasteiger partial charge in [-0.05, 0) is 22.2 Å². The molecule has 134 valence electrons. The highest BCUT2D eigenvalue weighted by atomic mass is 28.4. The van der Waals surface area contributed by atoms with E-state index in [2.05, 4.69) is 71.1 Å². The molecular formula is C20H33NO2Si. The molecule has 3 nitrogen and oxygen atoms in total. The Hall–Kier alpha value is -1.13. The van der Waals surface area contributed by atoms with Crippen LogP contribution in [0.4, 0.5) is 0 Å². The summed E-state index contributed by atoms with van der Waals surface area (Å²) in [6, 6.07) is 10.4.